The van der Waals surface area contributed by atoms with Gasteiger partial charge in [0.1, 0.15) is 5.78 Å². The molecule has 0 heterocycles. The van der Waals surface area contributed by atoms with E-state index in [0.717, 1.165) is 32.4 Å². The molecule has 18 heavy (non-hydrogen) atoms. The van der Waals surface area contributed by atoms with Crippen LogP contribution in [0.25, 0.3) is 0 Å². The van der Waals surface area contributed by atoms with Crippen LogP contribution in [0, 0.1) is 11.3 Å². The molecule has 0 bridgehead atoms. The molecular formula is C15H27NO2. The van der Waals surface area contributed by atoms with E-state index in [1.807, 2.05) is 0 Å². The van der Waals surface area contributed by atoms with Crippen LogP contribution in [0.3, 0.4) is 0 Å². The fourth-order valence-corrected chi connectivity index (χ4v) is 3.25. The van der Waals surface area contributed by atoms with Crippen molar-refractivity contribution in [3.8, 4) is 0 Å². The molecule has 2 saturated carbocycles. The molecule has 2 aliphatic rings. The number of aliphatic hydroxyl groups is 1. The van der Waals surface area contributed by atoms with Crippen LogP contribution in [-0.4, -0.2) is 41.5 Å². The van der Waals surface area contributed by atoms with Gasteiger partial charge < -0.3 is 5.11 Å². The highest BCUT2D eigenvalue weighted by Gasteiger charge is 2.41. The van der Waals surface area contributed by atoms with Crippen LogP contribution in [0.5, 0.6) is 0 Å². The van der Waals surface area contributed by atoms with E-state index in [1.54, 1.807) is 0 Å². The summed E-state index contributed by atoms with van der Waals surface area (Å²) in [7, 11) is 0. The Hall–Kier alpha value is -0.410. The zero-order valence-corrected chi connectivity index (χ0v) is 11.8. The molecule has 104 valence electrons. The first-order valence-electron chi connectivity index (χ1n) is 7.44. The molecule has 0 aromatic carbocycles. The maximum Gasteiger partial charge on any atom is 0.142 e. The van der Waals surface area contributed by atoms with Crippen LogP contribution < -0.4 is 0 Å². The Bertz CT molecular complexity index is 297. The molecule has 0 radical (unpaired) electrons. The lowest BCUT2D eigenvalue weighted by atomic mass is 9.87. The molecule has 0 spiro atoms. The Morgan fingerprint density at radius 2 is 2.06 bits per heavy atom. The van der Waals surface area contributed by atoms with Gasteiger partial charge in [-0.1, -0.05) is 20.3 Å². The summed E-state index contributed by atoms with van der Waals surface area (Å²) in [6.07, 6.45) is 6.79. The second-order valence-corrected chi connectivity index (χ2v) is 6.64. The standard InChI is InChI=1S/C15H27NO2/c1-15(2)8-7-12(14(15)18)11-16(9-4-10-17)13-5-3-6-13/h12-13,17H,3-11H2,1-2H3. The molecule has 0 aromatic heterocycles. The molecule has 0 aliphatic heterocycles. The minimum absolute atomic E-state index is 0.104. The minimum Gasteiger partial charge on any atom is -0.396 e. The average Bonchev–Trinajstić information content (AvgIpc) is 2.50. The zero-order valence-electron chi connectivity index (χ0n) is 11.8. The van der Waals surface area contributed by atoms with E-state index in [4.69, 9.17) is 5.11 Å². The quantitative estimate of drug-likeness (QED) is 0.789. The summed E-state index contributed by atoms with van der Waals surface area (Å²) in [4.78, 5) is 14.8. The molecule has 0 saturated heterocycles. The van der Waals surface area contributed by atoms with Crippen molar-refractivity contribution in [2.45, 2.75) is 58.4 Å². The van der Waals surface area contributed by atoms with Crippen LogP contribution in [0.4, 0.5) is 0 Å². The second kappa shape index (κ2) is 5.70. The van der Waals surface area contributed by atoms with E-state index < -0.39 is 0 Å². The van der Waals surface area contributed by atoms with Gasteiger partial charge in [0, 0.05) is 37.1 Å². The number of nitrogens with zero attached hydrogens (tertiary/aromatic N) is 1. The van der Waals surface area contributed by atoms with Gasteiger partial charge in [0.2, 0.25) is 0 Å². The number of hydrogen-bond acceptors (Lipinski definition) is 3. The maximum atomic E-state index is 12.3. The van der Waals surface area contributed by atoms with E-state index in [2.05, 4.69) is 18.7 Å². The lowest BCUT2D eigenvalue weighted by Crippen LogP contribution is -2.44. The topological polar surface area (TPSA) is 40.5 Å². The van der Waals surface area contributed by atoms with Crippen molar-refractivity contribution in [2.24, 2.45) is 11.3 Å². The number of carbonyl (C=O) groups is 1. The summed E-state index contributed by atoms with van der Waals surface area (Å²) >= 11 is 0. The van der Waals surface area contributed by atoms with Crippen LogP contribution >= 0.6 is 0 Å². The smallest absolute Gasteiger partial charge is 0.142 e. The molecular weight excluding hydrogens is 226 g/mol. The largest absolute Gasteiger partial charge is 0.396 e. The predicted molar refractivity (Wildman–Crippen MR) is 72.4 cm³/mol. The van der Waals surface area contributed by atoms with Crippen molar-refractivity contribution in [2.75, 3.05) is 19.7 Å². The molecule has 2 aliphatic carbocycles. The fraction of sp³-hybridized carbons (Fsp3) is 0.933. The van der Waals surface area contributed by atoms with E-state index in [9.17, 15) is 4.79 Å². The van der Waals surface area contributed by atoms with Crippen LogP contribution in [0.1, 0.15) is 52.4 Å². The summed E-state index contributed by atoms with van der Waals surface area (Å²) in [5.41, 5.74) is -0.104. The van der Waals surface area contributed by atoms with Gasteiger partial charge in [-0.2, -0.15) is 0 Å². The third kappa shape index (κ3) is 2.94. The molecule has 2 fully saturated rings. The van der Waals surface area contributed by atoms with Crippen LogP contribution in [-0.2, 0) is 4.79 Å². The molecule has 1 unspecified atom stereocenters. The average molecular weight is 253 g/mol. The molecule has 3 nitrogen and oxygen atoms in total. The maximum absolute atomic E-state index is 12.3. The minimum atomic E-state index is -0.104. The molecule has 0 aromatic rings. The second-order valence-electron chi connectivity index (χ2n) is 6.64. The third-order valence-electron chi connectivity index (χ3n) is 4.81. The highest BCUT2D eigenvalue weighted by Crippen LogP contribution is 2.38. The first kappa shape index (κ1) is 14.0. The highest BCUT2D eigenvalue weighted by molar-refractivity contribution is 5.88. The Morgan fingerprint density at radius 3 is 2.50 bits per heavy atom. The van der Waals surface area contributed by atoms with Crippen molar-refractivity contribution in [3.05, 3.63) is 0 Å². The van der Waals surface area contributed by atoms with E-state index in [1.165, 1.54) is 19.3 Å². The highest BCUT2D eigenvalue weighted by atomic mass is 16.3. The number of carbonyl (C=O) groups excluding carboxylic acids is 1. The Balaban J connectivity index is 1.90. The SMILES string of the molecule is CC1(C)CCC(CN(CCCO)C2CCC2)C1=O. The normalized spacial score (nSPS) is 27.8. The van der Waals surface area contributed by atoms with Gasteiger partial charge >= 0.3 is 0 Å². The third-order valence-corrected chi connectivity index (χ3v) is 4.81. The molecule has 1 atom stereocenters. The summed E-state index contributed by atoms with van der Waals surface area (Å²) in [6.45, 7) is 6.29. The van der Waals surface area contributed by atoms with Crippen LogP contribution in [0.15, 0.2) is 0 Å². The molecule has 0 amide bonds. The molecule has 1 N–H and O–H groups in total. The van der Waals surface area contributed by atoms with Crippen molar-refractivity contribution in [1.29, 1.82) is 0 Å². The van der Waals surface area contributed by atoms with Crippen molar-refractivity contribution in [1.82, 2.24) is 4.90 Å². The number of ketones is 1. The van der Waals surface area contributed by atoms with Gasteiger partial charge in [-0.15, -0.1) is 0 Å². The van der Waals surface area contributed by atoms with Gasteiger partial charge in [0.25, 0.3) is 0 Å². The number of Topliss-reactive ketones (excluding diaryl/α,β-unsaturated/α-hetero) is 1. The molecule has 2 rings (SSSR count). The van der Waals surface area contributed by atoms with Gasteiger partial charge in [-0.25, -0.2) is 0 Å². The first-order chi connectivity index (χ1) is 8.54. The van der Waals surface area contributed by atoms with Crippen molar-refractivity contribution < 1.29 is 9.90 Å². The van der Waals surface area contributed by atoms with Gasteiger partial charge in [0.15, 0.2) is 0 Å². The van der Waals surface area contributed by atoms with Gasteiger partial charge in [-0.3, -0.25) is 9.69 Å². The monoisotopic (exact) mass is 253 g/mol. The number of aliphatic hydroxyl groups excluding tert-OH is 1. The van der Waals surface area contributed by atoms with Crippen LogP contribution in [0.2, 0.25) is 0 Å². The van der Waals surface area contributed by atoms with Crippen molar-refractivity contribution >= 4 is 5.78 Å². The predicted octanol–water partition coefficient (Wildman–Crippen LogP) is 2.23. The first-order valence-corrected chi connectivity index (χ1v) is 7.44. The van der Waals surface area contributed by atoms with E-state index >= 15 is 0 Å². The van der Waals surface area contributed by atoms with E-state index in [0.29, 0.717) is 11.8 Å². The number of rotatable bonds is 6. The lowest BCUT2D eigenvalue weighted by molar-refractivity contribution is -0.128. The van der Waals surface area contributed by atoms with E-state index in [-0.39, 0.29) is 17.9 Å². The summed E-state index contributed by atoms with van der Waals surface area (Å²) in [5.74, 6) is 0.690. The summed E-state index contributed by atoms with van der Waals surface area (Å²) < 4.78 is 0. The Kier molecular flexibility index (Phi) is 4.44. The van der Waals surface area contributed by atoms with Gasteiger partial charge in [0.05, 0.1) is 0 Å². The van der Waals surface area contributed by atoms with Crippen molar-refractivity contribution in [3.63, 3.8) is 0 Å². The Morgan fingerprint density at radius 1 is 1.33 bits per heavy atom. The summed E-state index contributed by atoms with van der Waals surface area (Å²) in [6, 6.07) is 0.674. The number of hydrogen-bond donors (Lipinski definition) is 1. The summed E-state index contributed by atoms with van der Waals surface area (Å²) in [5, 5.41) is 8.99. The zero-order chi connectivity index (χ0) is 13.2. The molecule has 3 heteroatoms. The van der Waals surface area contributed by atoms with Gasteiger partial charge in [-0.05, 0) is 32.1 Å². The lowest BCUT2D eigenvalue weighted by Gasteiger charge is -2.39. The Labute approximate surface area is 111 Å². The fourth-order valence-electron chi connectivity index (χ4n) is 3.25.